The van der Waals surface area contributed by atoms with Crippen LogP contribution in [0.2, 0.25) is 5.02 Å². The zero-order valence-electron chi connectivity index (χ0n) is 18.9. The Morgan fingerprint density at radius 1 is 1.42 bits per heavy atom. The van der Waals surface area contributed by atoms with E-state index in [2.05, 4.69) is 26.0 Å². The molecule has 190 valence electrons. The number of aryl methyl sites for hydroxylation is 1. The first-order valence-corrected chi connectivity index (χ1v) is 12.9. The minimum absolute atomic E-state index is 0.0111. The van der Waals surface area contributed by atoms with Crippen molar-refractivity contribution in [3.63, 3.8) is 0 Å². The fourth-order valence-corrected chi connectivity index (χ4v) is 6.02. The van der Waals surface area contributed by atoms with Gasteiger partial charge in [0.05, 0.1) is 5.02 Å². The standard InChI is InChI=1S/C20H20ClN7O6S2/c1-3-34-24-13(9-4-5-12(29)11(21)6-9)16(30)22-14-17(31)28-15(19(32)33)10(7-35-18(14)28)8-36-20-23-25-26-27(20)2/h4-6,14,18,29H,3,7-8H2,1-2H3,(H,22,30)(H,32,33)/t14?,18-/m0/s1. The Hall–Kier alpha value is -3.30. The van der Waals surface area contributed by atoms with Crippen LogP contribution in [0.3, 0.4) is 0 Å². The number of carboxylic acid groups (broad SMARTS) is 1. The van der Waals surface area contributed by atoms with Gasteiger partial charge in [0.1, 0.15) is 29.5 Å². The Kier molecular flexibility index (Phi) is 7.70. The average molecular weight is 554 g/mol. The summed E-state index contributed by atoms with van der Waals surface area (Å²) < 4.78 is 1.47. The Morgan fingerprint density at radius 2 is 2.19 bits per heavy atom. The van der Waals surface area contributed by atoms with Crippen molar-refractivity contribution in [3.8, 4) is 5.75 Å². The van der Waals surface area contributed by atoms with Crippen LogP contribution >= 0.6 is 35.1 Å². The molecular formula is C20H20ClN7O6S2. The van der Waals surface area contributed by atoms with E-state index in [-0.39, 0.29) is 40.1 Å². The number of carboxylic acids is 1. The lowest BCUT2D eigenvalue weighted by molar-refractivity contribution is -0.150. The number of thioether (sulfide) groups is 2. The summed E-state index contributed by atoms with van der Waals surface area (Å²) in [7, 11) is 1.67. The number of carbonyl (C=O) groups is 3. The highest BCUT2D eigenvalue weighted by Crippen LogP contribution is 2.41. The van der Waals surface area contributed by atoms with Crippen LogP contribution in [-0.2, 0) is 26.3 Å². The van der Waals surface area contributed by atoms with Gasteiger partial charge in [-0.1, -0.05) is 28.5 Å². The van der Waals surface area contributed by atoms with Gasteiger partial charge in [0.2, 0.25) is 5.16 Å². The molecule has 0 spiro atoms. The number of β-lactam (4-membered cyclic amide) rings is 1. The number of carbonyl (C=O) groups excluding carboxylic acids is 2. The fourth-order valence-electron chi connectivity index (χ4n) is 3.51. The van der Waals surface area contributed by atoms with E-state index in [4.69, 9.17) is 16.4 Å². The van der Waals surface area contributed by atoms with E-state index in [1.54, 1.807) is 14.0 Å². The second-order valence-electron chi connectivity index (χ2n) is 7.52. The molecule has 2 aliphatic heterocycles. The topological polar surface area (TPSA) is 172 Å². The van der Waals surface area contributed by atoms with Gasteiger partial charge in [-0.15, -0.1) is 16.9 Å². The van der Waals surface area contributed by atoms with Crippen molar-refractivity contribution in [1.82, 2.24) is 30.4 Å². The van der Waals surface area contributed by atoms with Crippen LogP contribution in [0.4, 0.5) is 0 Å². The number of oxime groups is 1. The molecule has 36 heavy (non-hydrogen) atoms. The summed E-state index contributed by atoms with van der Waals surface area (Å²) in [6, 6.07) is 3.12. The molecule has 2 amide bonds. The number of tetrazole rings is 1. The zero-order chi connectivity index (χ0) is 26.0. The van der Waals surface area contributed by atoms with Crippen molar-refractivity contribution in [3.05, 3.63) is 40.1 Å². The number of aromatic nitrogens is 4. The van der Waals surface area contributed by atoms with Gasteiger partial charge in [0.25, 0.3) is 11.8 Å². The maximum absolute atomic E-state index is 13.1. The van der Waals surface area contributed by atoms with E-state index in [1.807, 2.05) is 0 Å². The van der Waals surface area contributed by atoms with Crippen LogP contribution in [0.15, 0.2) is 39.8 Å². The molecule has 3 heterocycles. The Balaban J connectivity index is 1.51. The van der Waals surface area contributed by atoms with Crippen LogP contribution in [0.5, 0.6) is 5.75 Å². The Labute approximate surface area is 217 Å². The first-order chi connectivity index (χ1) is 17.2. The van der Waals surface area contributed by atoms with E-state index >= 15 is 0 Å². The number of nitrogens with zero attached hydrogens (tertiary/aromatic N) is 6. The third kappa shape index (κ3) is 4.99. The van der Waals surface area contributed by atoms with Gasteiger partial charge in [-0.05, 0) is 41.1 Å². The quantitative estimate of drug-likeness (QED) is 0.174. The summed E-state index contributed by atoms with van der Waals surface area (Å²) in [6.07, 6.45) is 0. The molecule has 1 fully saturated rings. The van der Waals surface area contributed by atoms with Gasteiger partial charge >= 0.3 is 5.97 Å². The highest BCUT2D eigenvalue weighted by atomic mass is 35.5. The van der Waals surface area contributed by atoms with E-state index < -0.39 is 29.2 Å². The lowest BCUT2D eigenvalue weighted by Gasteiger charge is -2.49. The fraction of sp³-hybridized carbons (Fsp3) is 0.350. The first-order valence-electron chi connectivity index (χ1n) is 10.5. The van der Waals surface area contributed by atoms with E-state index in [9.17, 15) is 24.6 Å². The van der Waals surface area contributed by atoms with Gasteiger partial charge in [0.15, 0.2) is 5.71 Å². The minimum Gasteiger partial charge on any atom is -0.506 e. The monoisotopic (exact) mass is 553 g/mol. The molecule has 0 aliphatic carbocycles. The number of rotatable bonds is 9. The molecule has 3 N–H and O–H groups in total. The van der Waals surface area contributed by atoms with Gasteiger partial charge in [-0.25, -0.2) is 9.48 Å². The predicted octanol–water partition coefficient (Wildman–Crippen LogP) is 0.841. The smallest absolute Gasteiger partial charge is 0.352 e. The molecule has 1 unspecified atom stereocenters. The number of aliphatic carboxylic acids is 1. The third-order valence-electron chi connectivity index (χ3n) is 5.21. The molecule has 2 aliphatic rings. The van der Waals surface area contributed by atoms with Crippen LogP contribution in [-0.4, -0.2) is 88.3 Å². The number of hydrogen-bond donors (Lipinski definition) is 3. The van der Waals surface area contributed by atoms with E-state index in [0.29, 0.717) is 16.5 Å². The number of hydrogen-bond acceptors (Lipinski definition) is 11. The predicted molar refractivity (Wildman–Crippen MR) is 130 cm³/mol. The molecule has 1 saturated heterocycles. The summed E-state index contributed by atoms with van der Waals surface area (Å²) in [5.41, 5.74) is 0.569. The number of benzene rings is 1. The Morgan fingerprint density at radius 3 is 2.83 bits per heavy atom. The van der Waals surface area contributed by atoms with Crippen LogP contribution in [0.1, 0.15) is 12.5 Å². The lowest BCUT2D eigenvalue weighted by atomic mass is 10.0. The van der Waals surface area contributed by atoms with Crippen molar-refractivity contribution >= 4 is 58.6 Å². The average Bonchev–Trinajstić information content (AvgIpc) is 3.27. The number of halogens is 1. The van der Waals surface area contributed by atoms with Gasteiger partial charge < -0.3 is 20.4 Å². The van der Waals surface area contributed by atoms with Gasteiger partial charge in [-0.2, -0.15) is 0 Å². The van der Waals surface area contributed by atoms with Crippen molar-refractivity contribution < 1.29 is 29.4 Å². The maximum Gasteiger partial charge on any atom is 0.352 e. The molecule has 1 aromatic heterocycles. The van der Waals surface area contributed by atoms with E-state index in [0.717, 1.165) is 0 Å². The minimum atomic E-state index is -1.23. The molecular weight excluding hydrogens is 534 g/mol. The summed E-state index contributed by atoms with van der Waals surface area (Å²) >= 11 is 8.56. The molecule has 2 aromatic rings. The first kappa shape index (κ1) is 25.8. The number of aromatic hydroxyl groups is 1. The third-order valence-corrected chi connectivity index (χ3v) is 7.95. The highest BCUT2D eigenvalue weighted by Gasteiger charge is 2.54. The number of phenolic OH excluding ortho intramolecular Hbond substituents is 1. The van der Waals surface area contributed by atoms with Crippen molar-refractivity contribution in [2.75, 3.05) is 18.1 Å². The van der Waals surface area contributed by atoms with Crippen molar-refractivity contribution in [2.24, 2.45) is 12.2 Å². The normalized spacial score (nSPS) is 19.6. The molecule has 16 heteroatoms. The molecule has 1 aromatic carbocycles. The largest absolute Gasteiger partial charge is 0.506 e. The summed E-state index contributed by atoms with van der Waals surface area (Å²) in [5.74, 6) is -2.04. The number of nitrogens with one attached hydrogen (secondary N) is 1. The van der Waals surface area contributed by atoms with Crippen LogP contribution in [0.25, 0.3) is 0 Å². The molecule has 2 atom stereocenters. The summed E-state index contributed by atoms with van der Waals surface area (Å²) in [4.78, 5) is 44.3. The lowest BCUT2D eigenvalue weighted by Crippen LogP contribution is -2.71. The zero-order valence-corrected chi connectivity index (χ0v) is 21.3. The van der Waals surface area contributed by atoms with Crippen molar-refractivity contribution in [2.45, 2.75) is 23.5 Å². The molecule has 0 bridgehead atoms. The molecule has 4 rings (SSSR count). The maximum atomic E-state index is 13.1. The van der Waals surface area contributed by atoms with Crippen LogP contribution < -0.4 is 5.32 Å². The number of phenols is 1. The SMILES string of the molecule is CCON=C(C(=O)NC1C(=O)N2C(C(=O)O)=C(CSc3nnnn3C)CS[C@@H]12)c1ccc(O)c(Cl)c1. The number of fused-ring (bicyclic) bond motifs is 1. The second-order valence-corrected chi connectivity index (χ2v) is 9.97. The van der Waals surface area contributed by atoms with Crippen molar-refractivity contribution in [1.29, 1.82) is 0 Å². The second kappa shape index (κ2) is 10.8. The molecule has 13 nitrogen and oxygen atoms in total. The van der Waals surface area contributed by atoms with E-state index in [1.165, 1.54) is 51.3 Å². The summed E-state index contributed by atoms with van der Waals surface area (Å²) in [5, 5.41) is 37.1. The summed E-state index contributed by atoms with van der Waals surface area (Å²) in [6.45, 7) is 1.88. The number of amides is 2. The van der Waals surface area contributed by atoms with Crippen LogP contribution in [0, 0.1) is 0 Å². The highest BCUT2D eigenvalue weighted by molar-refractivity contribution is 8.01. The Bertz CT molecular complexity index is 1280. The molecule has 0 saturated carbocycles. The van der Waals surface area contributed by atoms with Gasteiger partial charge in [-0.3, -0.25) is 14.5 Å². The molecule has 0 radical (unpaired) electrons. The van der Waals surface area contributed by atoms with Gasteiger partial charge in [0, 0.05) is 24.1 Å².